The predicted molar refractivity (Wildman–Crippen MR) is 155 cm³/mol. The van der Waals surface area contributed by atoms with Crippen LogP contribution in [0.25, 0.3) is 0 Å². The van der Waals surface area contributed by atoms with Crippen LogP contribution in [0.3, 0.4) is 0 Å². The third kappa shape index (κ3) is 9.60. The van der Waals surface area contributed by atoms with Gasteiger partial charge in [-0.1, -0.05) is 58.0 Å². The van der Waals surface area contributed by atoms with Crippen LogP contribution < -0.4 is 5.32 Å². The Morgan fingerprint density at radius 3 is 2.45 bits per heavy atom. The summed E-state index contributed by atoms with van der Waals surface area (Å²) in [6.07, 6.45) is 4.64. The van der Waals surface area contributed by atoms with E-state index in [9.17, 15) is 9.59 Å². The fraction of sp³-hybridized carbons (Fsp3) is 0.688. The molecule has 3 rings (SSSR count). The lowest BCUT2D eigenvalue weighted by molar-refractivity contribution is -0.184. The van der Waals surface area contributed by atoms with Crippen molar-refractivity contribution in [2.24, 2.45) is 11.8 Å². The van der Waals surface area contributed by atoms with Crippen molar-refractivity contribution in [2.75, 3.05) is 13.2 Å². The highest BCUT2D eigenvalue weighted by Crippen LogP contribution is 2.37. The lowest BCUT2D eigenvalue weighted by Crippen LogP contribution is -2.49. The molecule has 2 aliphatic rings. The first-order chi connectivity index (χ1) is 19.0. The predicted octanol–water partition coefficient (Wildman–Crippen LogP) is 6.20. The molecule has 8 heteroatoms. The molecule has 0 bridgehead atoms. The second-order valence-electron chi connectivity index (χ2n) is 12.4. The molecule has 8 nitrogen and oxygen atoms in total. The van der Waals surface area contributed by atoms with Crippen molar-refractivity contribution in [3.8, 4) is 0 Å². The first-order valence-corrected chi connectivity index (χ1v) is 14.9. The minimum Gasteiger partial charge on any atom is -0.444 e. The Kier molecular flexibility index (Phi) is 12.0. The Labute approximate surface area is 240 Å². The maximum absolute atomic E-state index is 13.5. The molecule has 0 radical (unpaired) electrons. The van der Waals surface area contributed by atoms with E-state index in [2.05, 4.69) is 33.0 Å². The first-order valence-electron chi connectivity index (χ1n) is 14.9. The number of carbonyl (C=O) groups is 2. The first kappa shape index (κ1) is 32.1. The van der Waals surface area contributed by atoms with E-state index >= 15 is 0 Å². The normalized spacial score (nSPS) is 23.9. The molecule has 0 saturated carbocycles. The molecule has 2 amide bonds. The second kappa shape index (κ2) is 15.0. The number of nitrogens with zero attached hydrogens (tertiary/aromatic N) is 1. The number of hydrogen-bond acceptors (Lipinski definition) is 6. The van der Waals surface area contributed by atoms with Gasteiger partial charge in [-0.25, -0.2) is 4.79 Å². The van der Waals surface area contributed by atoms with Gasteiger partial charge in [-0.3, -0.25) is 9.69 Å². The summed E-state index contributed by atoms with van der Waals surface area (Å²) < 4.78 is 24.2. The van der Waals surface area contributed by atoms with E-state index in [-0.39, 0.29) is 30.9 Å². The molecular weight excluding hydrogens is 508 g/mol. The summed E-state index contributed by atoms with van der Waals surface area (Å²) in [6, 6.07) is 9.35. The quantitative estimate of drug-likeness (QED) is 0.308. The topological polar surface area (TPSA) is 86.3 Å². The molecule has 0 aromatic heterocycles. The van der Waals surface area contributed by atoms with E-state index in [1.807, 2.05) is 57.2 Å². The van der Waals surface area contributed by atoms with Crippen LogP contribution in [-0.4, -0.2) is 60.3 Å². The maximum atomic E-state index is 13.5. The molecule has 1 aromatic rings. The lowest BCUT2D eigenvalue weighted by atomic mass is 9.95. The molecule has 2 fully saturated rings. The Bertz CT molecular complexity index is 971. The summed E-state index contributed by atoms with van der Waals surface area (Å²) in [7, 11) is 0. The van der Waals surface area contributed by atoms with E-state index in [0.717, 1.165) is 24.8 Å². The molecule has 1 N–H and O–H groups in total. The standard InChI is InChI=1S/C32H50N2O6/c1-22(2)17-27-28(40-32(6,7)34(27)31(36)38-21-25-13-9-8-10-14-25)19-26(30(35)33-20-23(3)4)18-24(5)39-29-15-11-12-16-37-29/h8-10,13-14,19,22-24,27-29H,11-12,15-18,20-21H2,1-7H3,(H,33,35)/t24?,27-,28-,29?/m0/s1. The van der Waals surface area contributed by atoms with Gasteiger partial charge >= 0.3 is 6.09 Å². The summed E-state index contributed by atoms with van der Waals surface area (Å²) in [4.78, 5) is 28.6. The van der Waals surface area contributed by atoms with Gasteiger partial charge < -0.3 is 24.3 Å². The van der Waals surface area contributed by atoms with Gasteiger partial charge in [0, 0.05) is 25.1 Å². The van der Waals surface area contributed by atoms with Gasteiger partial charge in [-0.15, -0.1) is 0 Å². The SMILES string of the molecule is CC(C)CNC(=O)C(=C[C@@H]1OC(C)(C)N(C(=O)OCc2ccccc2)[C@H]1CC(C)C)CC(C)OC1CCCCO1. The van der Waals surface area contributed by atoms with E-state index in [4.69, 9.17) is 18.9 Å². The van der Waals surface area contributed by atoms with Crippen molar-refractivity contribution in [1.82, 2.24) is 10.2 Å². The number of rotatable bonds is 12. The smallest absolute Gasteiger partial charge is 0.412 e. The van der Waals surface area contributed by atoms with E-state index < -0.39 is 17.9 Å². The summed E-state index contributed by atoms with van der Waals surface area (Å²) in [6.45, 7) is 15.6. The highest BCUT2D eigenvalue weighted by Gasteiger charge is 2.50. The molecule has 1 aromatic carbocycles. The summed E-state index contributed by atoms with van der Waals surface area (Å²) in [5.74, 6) is 0.481. The molecule has 0 spiro atoms. The van der Waals surface area contributed by atoms with Crippen LogP contribution in [0.1, 0.15) is 86.1 Å². The fourth-order valence-corrected chi connectivity index (χ4v) is 5.31. The van der Waals surface area contributed by atoms with Gasteiger partial charge in [0.15, 0.2) is 6.29 Å². The molecule has 4 atom stereocenters. The molecular formula is C32H50N2O6. The maximum Gasteiger partial charge on any atom is 0.412 e. The van der Waals surface area contributed by atoms with Gasteiger partial charge in [-0.05, 0) is 69.9 Å². The average Bonchev–Trinajstić information content (AvgIpc) is 3.14. The Balaban J connectivity index is 1.83. The highest BCUT2D eigenvalue weighted by atomic mass is 16.7. The van der Waals surface area contributed by atoms with Crippen LogP contribution in [-0.2, 0) is 30.3 Å². The third-order valence-corrected chi connectivity index (χ3v) is 7.19. The number of hydrogen-bond donors (Lipinski definition) is 1. The number of ether oxygens (including phenoxy) is 4. The Hall–Kier alpha value is -2.42. The summed E-state index contributed by atoms with van der Waals surface area (Å²) in [5, 5.41) is 3.06. The van der Waals surface area contributed by atoms with Crippen LogP contribution in [0.15, 0.2) is 42.0 Å². The Morgan fingerprint density at radius 2 is 1.82 bits per heavy atom. The number of amides is 2. The summed E-state index contributed by atoms with van der Waals surface area (Å²) >= 11 is 0. The Morgan fingerprint density at radius 1 is 1.10 bits per heavy atom. The van der Waals surface area contributed by atoms with Crippen LogP contribution in [0.5, 0.6) is 0 Å². The van der Waals surface area contributed by atoms with Crippen molar-refractivity contribution in [2.45, 2.75) is 117 Å². The number of nitrogens with one attached hydrogen (secondary N) is 1. The van der Waals surface area contributed by atoms with Gasteiger partial charge in [-0.2, -0.15) is 0 Å². The number of carbonyl (C=O) groups excluding carboxylic acids is 2. The zero-order valence-electron chi connectivity index (χ0n) is 25.5. The van der Waals surface area contributed by atoms with Crippen molar-refractivity contribution in [3.63, 3.8) is 0 Å². The third-order valence-electron chi connectivity index (χ3n) is 7.19. The van der Waals surface area contributed by atoms with Crippen LogP contribution in [0.4, 0.5) is 4.79 Å². The van der Waals surface area contributed by atoms with E-state index in [1.54, 1.807) is 4.90 Å². The summed E-state index contributed by atoms with van der Waals surface area (Å²) in [5.41, 5.74) is 0.607. The van der Waals surface area contributed by atoms with E-state index in [1.165, 1.54) is 0 Å². The van der Waals surface area contributed by atoms with Crippen molar-refractivity contribution in [1.29, 1.82) is 0 Å². The molecule has 2 unspecified atom stereocenters. The molecule has 2 saturated heterocycles. The molecule has 2 heterocycles. The van der Waals surface area contributed by atoms with Crippen molar-refractivity contribution in [3.05, 3.63) is 47.5 Å². The van der Waals surface area contributed by atoms with Crippen molar-refractivity contribution >= 4 is 12.0 Å². The van der Waals surface area contributed by atoms with Gasteiger partial charge in [0.1, 0.15) is 12.3 Å². The zero-order valence-corrected chi connectivity index (χ0v) is 25.5. The largest absolute Gasteiger partial charge is 0.444 e. The monoisotopic (exact) mass is 558 g/mol. The molecule has 2 aliphatic heterocycles. The molecule has 0 aliphatic carbocycles. The van der Waals surface area contributed by atoms with Gasteiger partial charge in [0.2, 0.25) is 5.91 Å². The van der Waals surface area contributed by atoms with Crippen molar-refractivity contribution < 1.29 is 28.5 Å². The minimum absolute atomic E-state index is 0.136. The zero-order chi connectivity index (χ0) is 29.3. The molecule has 40 heavy (non-hydrogen) atoms. The van der Waals surface area contributed by atoms with Crippen LogP contribution >= 0.6 is 0 Å². The number of benzene rings is 1. The fourth-order valence-electron chi connectivity index (χ4n) is 5.31. The lowest BCUT2D eigenvalue weighted by Gasteiger charge is -2.33. The van der Waals surface area contributed by atoms with Crippen LogP contribution in [0.2, 0.25) is 0 Å². The highest BCUT2D eigenvalue weighted by molar-refractivity contribution is 5.93. The van der Waals surface area contributed by atoms with Crippen LogP contribution in [0, 0.1) is 11.8 Å². The van der Waals surface area contributed by atoms with Gasteiger partial charge in [0.05, 0.1) is 18.2 Å². The molecule has 224 valence electrons. The van der Waals surface area contributed by atoms with Gasteiger partial charge in [0.25, 0.3) is 0 Å². The van der Waals surface area contributed by atoms with E-state index in [0.29, 0.717) is 43.4 Å². The minimum atomic E-state index is -0.911. The second-order valence-corrected chi connectivity index (χ2v) is 12.4. The average molecular weight is 559 g/mol.